The third kappa shape index (κ3) is 3.66. The molecule has 0 aliphatic carbocycles. The van der Waals surface area contributed by atoms with Gasteiger partial charge in [-0.15, -0.1) is 0 Å². The molecule has 0 amide bonds. The van der Waals surface area contributed by atoms with E-state index in [0.29, 0.717) is 19.0 Å². The monoisotopic (exact) mass is 276 g/mol. The Hall–Kier alpha value is -0.170. The maximum Gasteiger partial charge on any atom is 0.215 e. The summed E-state index contributed by atoms with van der Waals surface area (Å²) in [6.45, 7) is 3.01. The Morgan fingerprint density at radius 3 is 2.56 bits per heavy atom. The van der Waals surface area contributed by atoms with Crippen LogP contribution in [-0.4, -0.2) is 57.9 Å². The number of ether oxygens (including phenoxy) is 1. The second-order valence-corrected chi connectivity index (χ2v) is 7.38. The number of methoxy groups -OCH3 is 1. The van der Waals surface area contributed by atoms with Gasteiger partial charge in [-0.1, -0.05) is 0 Å². The highest BCUT2D eigenvalue weighted by Crippen LogP contribution is 2.21. The van der Waals surface area contributed by atoms with E-state index in [2.05, 4.69) is 5.32 Å². The van der Waals surface area contributed by atoms with Crippen LogP contribution in [0.3, 0.4) is 0 Å². The quantitative estimate of drug-likeness (QED) is 0.791. The molecule has 2 rings (SSSR count). The minimum Gasteiger partial charge on any atom is -0.384 e. The Bertz CT molecular complexity index is 344. The summed E-state index contributed by atoms with van der Waals surface area (Å²) in [7, 11) is -1.37. The topological polar surface area (TPSA) is 58.6 Å². The molecular formula is C12H24N2O3S. The van der Waals surface area contributed by atoms with Crippen molar-refractivity contribution < 1.29 is 13.2 Å². The van der Waals surface area contributed by atoms with Gasteiger partial charge in [-0.3, -0.25) is 0 Å². The molecule has 5 nitrogen and oxygen atoms in total. The van der Waals surface area contributed by atoms with Gasteiger partial charge in [0, 0.05) is 32.8 Å². The van der Waals surface area contributed by atoms with Crippen LogP contribution in [0, 0.1) is 5.92 Å². The van der Waals surface area contributed by atoms with Gasteiger partial charge in [0.05, 0.1) is 5.75 Å². The predicted molar refractivity (Wildman–Crippen MR) is 71.0 cm³/mol. The Morgan fingerprint density at radius 2 is 2.00 bits per heavy atom. The van der Waals surface area contributed by atoms with Crippen LogP contribution in [0.1, 0.15) is 25.7 Å². The lowest BCUT2D eigenvalue weighted by Crippen LogP contribution is -2.44. The maximum absolute atomic E-state index is 12.3. The van der Waals surface area contributed by atoms with Crippen molar-refractivity contribution >= 4 is 10.0 Å². The third-order valence-electron chi connectivity index (χ3n) is 3.94. The highest BCUT2D eigenvalue weighted by atomic mass is 32.2. The van der Waals surface area contributed by atoms with E-state index < -0.39 is 10.0 Å². The Morgan fingerprint density at radius 1 is 1.28 bits per heavy atom. The molecule has 0 spiro atoms. The summed E-state index contributed by atoms with van der Waals surface area (Å²) in [5.41, 5.74) is 0. The van der Waals surface area contributed by atoms with Gasteiger partial charge in [0.15, 0.2) is 0 Å². The molecule has 1 atom stereocenters. The Labute approximate surface area is 110 Å². The standard InChI is InChI=1S/C12H24N2O3S/c1-17-9-11-4-7-14(8-5-11)18(15,16)10-12-3-2-6-13-12/h11-13H,2-10H2,1H3. The van der Waals surface area contributed by atoms with Gasteiger partial charge in [0.1, 0.15) is 0 Å². The lowest BCUT2D eigenvalue weighted by atomic mass is 9.99. The first kappa shape index (κ1) is 14.2. The molecule has 0 saturated carbocycles. The van der Waals surface area contributed by atoms with Gasteiger partial charge in [-0.25, -0.2) is 12.7 Å². The van der Waals surface area contributed by atoms with Crippen LogP contribution in [-0.2, 0) is 14.8 Å². The summed E-state index contributed by atoms with van der Waals surface area (Å²) in [6, 6.07) is 0.159. The molecule has 106 valence electrons. The van der Waals surface area contributed by atoms with E-state index in [0.717, 1.165) is 38.8 Å². The summed E-state index contributed by atoms with van der Waals surface area (Å²) in [5, 5.41) is 3.26. The fourth-order valence-electron chi connectivity index (χ4n) is 2.85. The summed E-state index contributed by atoms with van der Waals surface area (Å²) in [6.07, 6.45) is 3.92. The minimum absolute atomic E-state index is 0.159. The first-order valence-corrected chi connectivity index (χ1v) is 8.43. The lowest BCUT2D eigenvalue weighted by molar-refractivity contribution is 0.121. The molecule has 0 bridgehead atoms. The fourth-order valence-corrected chi connectivity index (χ4v) is 4.62. The van der Waals surface area contributed by atoms with Crippen molar-refractivity contribution in [1.29, 1.82) is 0 Å². The zero-order chi connectivity index (χ0) is 13.0. The smallest absolute Gasteiger partial charge is 0.215 e. The zero-order valence-corrected chi connectivity index (χ0v) is 11.9. The normalized spacial score (nSPS) is 27.7. The average Bonchev–Trinajstić information content (AvgIpc) is 2.82. The first-order valence-electron chi connectivity index (χ1n) is 6.82. The van der Waals surface area contributed by atoms with Crippen LogP contribution in [0.25, 0.3) is 0 Å². The molecule has 2 aliphatic rings. The molecular weight excluding hydrogens is 252 g/mol. The number of nitrogens with zero attached hydrogens (tertiary/aromatic N) is 1. The van der Waals surface area contributed by atoms with E-state index in [9.17, 15) is 8.42 Å². The largest absolute Gasteiger partial charge is 0.384 e. The van der Waals surface area contributed by atoms with Crippen LogP contribution in [0.2, 0.25) is 0 Å². The van der Waals surface area contributed by atoms with Crippen LogP contribution in [0.15, 0.2) is 0 Å². The highest BCUT2D eigenvalue weighted by molar-refractivity contribution is 7.89. The number of hydrogen-bond donors (Lipinski definition) is 1. The number of sulfonamides is 1. The average molecular weight is 276 g/mol. The minimum atomic E-state index is -3.08. The Kier molecular flexibility index (Phi) is 5.00. The van der Waals surface area contributed by atoms with Crippen LogP contribution < -0.4 is 5.32 Å². The molecule has 18 heavy (non-hydrogen) atoms. The predicted octanol–water partition coefficient (Wildman–Crippen LogP) is 0.427. The van der Waals surface area contributed by atoms with Crippen molar-refractivity contribution in [2.45, 2.75) is 31.7 Å². The van der Waals surface area contributed by atoms with Crippen molar-refractivity contribution in [3.05, 3.63) is 0 Å². The summed E-state index contributed by atoms with van der Waals surface area (Å²) >= 11 is 0. The molecule has 2 heterocycles. The molecule has 2 saturated heterocycles. The van der Waals surface area contributed by atoms with E-state index in [-0.39, 0.29) is 11.8 Å². The van der Waals surface area contributed by atoms with Crippen molar-refractivity contribution in [2.24, 2.45) is 5.92 Å². The third-order valence-corrected chi connectivity index (χ3v) is 5.92. The molecule has 1 N–H and O–H groups in total. The number of nitrogens with one attached hydrogen (secondary N) is 1. The van der Waals surface area contributed by atoms with Gasteiger partial charge in [0.2, 0.25) is 10.0 Å². The number of rotatable bonds is 5. The van der Waals surface area contributed by atoms with E-state index in [4.69, 9.17) is 4.74 Å². The number of piperidine rings is 1. The van der Waals surface area contributed by atoms with Crippen molar-refractivity contribution in [3.8, 4) is 0 Å². The second-order valence-electron chi connectivity index (χ2n) is 5.37. The summed E-state index contributed by atoms with van der Waals surface area (Å²) in [5.74, 6) is 0.785. The fraction of sp³-hybridized carbons (Fsp3) is 1.00. The van der Waals surface area contributed by atoms with Gasteiger partial charge >= 0.3 is 0 Å². The van der Waals surface area contributed by atoms with E-state index in [1.165, 1.54) is 0 Å². The van der Waals surface area contributed by atoms with Crippen LogP contribution in [0.5, 0.6) is 0 Å². The zero-order valence-electron chi connectivity index (χ0n) is 11.1. The van der Waals surface area contributed by atoms with Gasteiger partial charge < -0.3 is 10.1 Å². The summed E-state index contributed by atoms with van der Waals surface area (Å²) < 4.78 is 31.3. The maximum atomic E-state index is 12.3. The second kappa shape index (κ2) is 6.32. The molecule has 1 unspecified atom stereocenters. The van der Waals surface area contributed by atoms with Crippen molar-refractivity contribution in [1.82, 2.24) is 9.62 Å². The molecule has 2 aliphatic heterocycles. The molecule has 0 aromatic rings. The number of hydrogen-bond acceptors (Lipinski definition) is 4. The van der Waals surface area contributed by atoms with Crippen molar-refractivity contribution in [3.63, 3.8) is 0 Å². The van der Waals surface area contributed by atoms with Crippen LogP contribution >= 0.6 is 0 Å². The molecule has 0 aromatic carbocycles. The van der Waals surface area contributed by atoms with E-state index in [1.54, 1.807) is 11.4 Å². The molecule has 0 radical (unpaired) electrons. The van der Waals surface area contributed by atoms with Gasteiger partial charge in [-0.05, 0) is 38.1 Å². The van der Waals surface area contributed by atoms with Crippen LogP contribution in [0.4, 0.5) is 0 Å². The van der Waals surface area contributed by atoms with E-state index in [1.807, 2.05) is 0 Å². The Balaban J connectivity index is 1.83. The molecule has 2 fully saturated rings. The molecule has 6 heteroatoms. The SMILES string of the molecule is COCC1CCN(S(=O)(=O)CC2CCCN2)CC1. The summed E-state index contributed by atoms with van der Waals surface area (Å²) in [4.78, 5) is 0. The van der Waals surface area contributed by atoms with Crippen molar-refractivity contribution in [2.75, 3.05) is 39.1 Å². The van der Waals surface area contributed by atoms with E-state index >= 15 is 0 Å². The first-order chi connectivity index (χ1) is 8.62. The van der Waals surface area contributed by atoms with Gasteiger partial charge in [-0.2, -0.15) is 0 Å². The molecule has 0 aromatic heterocycles. The van der Waals surface area contributed by atoms with Gasteiger partial charge in [0.25, 0.3) is 0 Å². The lowest BCUT2D eigenvalue weighted by Gasteiger charge is -2.31. The highest BCUT2D eigenvalue weighted by Gasteiger charge is 2.30.